The Balaban J connectivity index is 1.64. The molecule has 136 valence electrons. The number of rotatable bonds is 5. The topological polar surface area (TPSA) is 128 Å². The molecule has 1 fully saturated rings. The van der Waals surface area contributed by atoms with E-state index in [9.17, 15) is 14.4 Å². The van der Waals surface area contributed by atoms with E-state index >= 15 is 0 Å². The van der Waals surface area contributed by atoms with Crippen LogP contribution in [0.4, 0.5) is 17.3 Å². The van der Waals surface area contributed by atoms with Crippen LogP contribution in [0.5, 0.6) is 0 Å². The largest absolute Gasteiger partial charge is 0.452 e. The zero-order valence-corrected chi connectivity index (χ0v) is 14.2. The third-order valence-corrected chi connectivity index (χ3v) is 3.97. The minimum absolute atomic E-state index is 0.000800. The van der Waals surface area contributed by atoms with Gasteiger partial charge in [0.2, 0.25) is 11.8 Å². The molecule has 0 aliphatic carbocycles. The first-order valence-corrected chi connectivity index (χ1v) is 8.05. The molecule has 2 heterocycles. The molecule has 0 bridgehead atoms. The average molecular weight is 358 g/mol. The number of hydrogen-bond donors (Lipinski definition) is 2. The predicted octanol–water partition coefficient (Wildman–Crippen LogP) is 1.49. The summed E-state index contributed by atoms with van der Waals surface area (Å²) in [6.07, 6.45) is 1.26. The van der Waals surface area contributed by atoms with E-state index in [1.807, 2.05) is 0 Å². The summed E-state index contributed by atoms with van der Waals surface area (Å²) in [5.74, 6) is -1.48. The van der Waals surface area contributed by atoms with Crippen LogP contribution >= 0.6 is 0 Å². The number of nitrogens with two attached hydrogens (primary N) is 1. The average Bonchev–Trinajstić information content (AvgIpc) is 3.18. The van der Waals surface area contributed by atoms with Crippen molar-refractivity contribution in [2.24, 2.45) is 0 Å². The summed E-state index contributed by atoms with van der Waals surface area (Å²) in [5.41, 5.74) is 6.89. The molecule has 9 nitrogen and oxygen atoms in total. The minimum atomic E-state index is -0.792. The van der Waals surface area contributed by atoms with Gasteiger partial charge in [0, 0.05) is 13.0 Å². The van der Waals surface area contributed by atoms with Crippen molar-refractivity contribution < 1.29 is 23.6 Å². The van der Waals surface area contributed by atoms with Crippen LogP contribution in [-0.4, -0.2) is 36.1 Å². The summed E-state index contributed by atoms with van der Waals surface area (Å²) >= 11 is 0. The van der Waals surface area contributed by atoms with E-state index in [0.717, 1.165) is 6.42 Å². The molecule has 26 heavy (non-hydrogen) atoms. The van der Waals surface area contributed by atoms with Gasteiger partial charge < -0.3 is 25.2 Å². The molecule has 0 spiro atoms. The Bertz CT molecular complexity index is 841. The molecule has 1 aromatic carbocycles. The van der Waals surface area contributed by atoms with Crippen LogP contribution in [0, 0.1) is 6.92 Å². The number of carbonyl (C=O) groups is 3. The summed E-state index contributed by atoms with van der Waals surface area (Å²) in [5, 5.41) is 6.21. The summed E-state index contributed by atoms with van der Waals surface area (Å²) in [4.78, 5) is 37.7. The van der Waals surface area contributed by atoms with Crippen LogP contribution in [0.25, 0.3) is 0 Å². The van der Waals surface area contributed by atoms with E-state index in [4.69, 9.17) is 15.0 Å². The van der Waals surface area contributed by atoms with E-state index in [1.165, 1.54) is 0 Å². The second-order valence-electron chi connectivity index (χ2n) is 5.80. The first-order chi connectivity index (χ1) is 12.5. The van der Waals surface area contributed by atoms with Crippen molar-refractivity contribution >= 4 is 35.0 Å². The SMILES string of the molecule is Cc1noc(N)c1C(=O)OCC(=O)Nc1ccccc1N1CCCC1=O. The van der Waals surface area contributed by atoms with E-state index in [2.05, 4.69) is 10.5 Å². The van der Waals surface area contributed by atoms with E-state index in [-0.39, 0.29) is 23.0 Å². The smallest absolute Gasteiger partial charge is 0.346 e. The number of nitrogens with one attached hydrogen (secondary N) is 1. The van der Waals surface area contributed by atoms with Gasteiger partial charge in [0.15, 0.2) is 6.61 Å². The fraction of sp³-hybridized carbons (Fsp3) is 0.294. The van der Waals surface area contributed by atoms with Gasteiger partial charge in [-0.1, -0.05) is 17.3 Å². The number of hydrogen-bond acceptors (Lipinski definition) is 7. The number of aromatic nitrogens is 1. The lowest BCUT2D eigenvalue weighted by atomic mass is 10.2. The number of nitrogen functional groups attached to an aromatic ring is 1. The van der Waals surface area contributed by atoms with Crippen LogP contribution in [0.15, 0.2) is 28.8 Å². The van der Waals surface area contributed by atoms with Crippen LogP contribution in [0.2, 0.25) is 0 Å². The molecule has 1 saturated heterocycles. The zero-order chi connectivity index (χ0) is 18.7. The van der Waals surface area contributed by atoms with Crippen LogP contribution in [0.1, 0.15) is 28.9 Å². The lowest BCUT2D eigenvalue weighted by molar-refractivity contribution is -0.119. The molecular weight excluding hydrogens is 340 g/mol. The third kappa shape index (κ3) is 3.51. The van der Waals surface area contributed by atoms with Crippen LogP contribution in [-0.2, 0) is 14.3 Å². The molecule has 2 amide bonds. The van der Waals surface area contributed by atoms with Crippen molar-refractivity contribution in [3.63, 3.8) is 0 Å². The molecule has 1 aliphatic heterocycles. The van der Waals surface area contributed by atoms with Crippen molar-refractivity contribution in [3.05, 3.63) is 35.5 Å². The molecule has 0 saturated carbocycles. The van der Waals surface area contributed by atoms with E-state index < -0.39 is 18.5 Å². The Morgan fingerprint density at radius 3 is 2.81 bits per heavy atom. The Hall–Kier alpha value is -3.36. The van der Waals surface area contributed by atoms with Gasteiger partial charge in [0.1, 0.15) is 5.56 Å². The van der Waals surface area contributed by atoms with Crippen molar-refractivity contribution in [1.82, 2.24) is 5.16 Å². The first kappa shape index (κ1) is 17.5. The summed E-state index contributed by atoms with van der Waals surface area (Å²) < 4.78 is 9.65. The number of amides is 2. The second-order valence-corrected chi connectivity index (χ2v) is 5.80. The second kappa shape index (κ2) is 7.26. The Labute approximate surface area is 149 Å². The highest BCUT2D eigenvalue weighted by molar-refractivity contribution is 6.03. The zero-order valence-electron chi connectivity index (χ0n) is 14.2. The van der Waals surface area contributed by atoms with Gasteiger partial charge >= 0.3 is 5.97 Å². The van der Waals surface area contributed by atoms with Crippen LogP contribution < -0.4 is 16.0 Å². The van der Waals surface area contributed by atoms with Gasteiger partial charge in [-0.05, 0) is 25.5 Å². The maximum absolute atomic E-state index is 12.1. The predicted molar refractivity (Wildman–Crippen MR) is 92.6 cm³/mol. The van der Waals surface area contributed by atoms with Crippen molar-refractivity contribution in [2.75, 3.05) is 29.1 Å². The fourth-order valence-corrected chi connectivity index (χ4v) is 2.74. The number of aryl methyl sites for hydroxylation is 1. The number of carbonyl (C=O) groups excluding carboxylic acids is 3. The van der Waals surface area contributed by atoms with E-state index in [0.29, 0.717) is 24.3 Å². The lowest BCUT2D eigenvalue weighted by Gasteiger charge is -2.19. The number of ether oxygens (including phenoxy) is 1. The highest BCUT2D eigenvalue weighted by Crippen LogP contribution is 2.29. The van der Waals surface area contributed by atoms with Crippen molar-refractivity contribution in [2.45, 2.75) is 19.8 Å². The van der Waals surface area contributed by atoms with Gasteiger partial charge in [0.25, 0.3) is 5.91 Å². The van der Waals surface area contributed by atoms with Crippen molar-refractivity contribution in [1.29, 1.82) is 0 Å². The monoisotopic (exact) mass is 358 g/mol. The Morgan fingerprint density at radius 1 is 1.38 bits per heavy atom. The minimum Gasteiger partial charge on any atom is -0.452 e. The molecule has 0 unspecified atom stereocenters. The summed E-state index contributed by atoms with van der Waals surface area (Å²) in [7, 11) is 0. The molecule has 1 aromatic heterocycles. The standard InChI is InChI=1S/C17H18N4O5/c1-10-15(16(18)26-20-10)17(24)25-9-13(22)19-11-5-2-3-6-12(11)21-8-4-7-14(21)23/h2-3,5-6H,4,7-9,18H2,1H3,(H,19,22). The lowest BCUT2D eigenvalue weighted by Crippen LogP contribution is -2.27. The molecule has 9 heteroatoms. The van der Waals surface area contributed by atoms with E-state index in [1.54, 1.807) is 36.1 Å². The number of anilines is 3. The van der Waals surface area contributed by atoms with Crippen LogP contribution in [0.3, 0.4) is 0 Å². The number of para-hydroxylation sites is 2. The number of esters is 1. The molecule has 3 N–H and O–H groups in total. The third-order valence-electron chi connectivity index (χ3n) is 3.97. The summed E-state index contributed by atoms with van der Waals surface area (Å²) in [6, 6.07) is 6.97. The van der Waals surface area contributed by atoms with Gasteiger partial charge in [-0.25, -0.2) is 4.79 Å². The molecular formula is C17H18N4O5. The number of benzene rings is 1. The molecule has 2 aromatic rings. The molecule has 0 atom stereocenters. The highest BCUT2D eigenvalue weighted by atomic mass is 16.5. The molecule has 1 aliphatic rings. The van der Waals surface area contributed by atoms with Crippen molar-refractivity contribution in [3.8, 4) is 0 Å². The fourth-order valence-electron chi connectivity index (χ4n) is 2.74. The van der Waals surface area contributed by atoms with Gasteiger partial charge in [-0.2, -0.15) is 0 Å². The van der Waals surface area contributed by atoms with Gasteiger partial charge in [-0.3, -0.25) is 9.59 Å². The number of nitrogens with zero attached hydrogens (tertiary/aromatic N) is 2. The Kier molecular flexibility index (Phi) is 4.87. The molecule has 0 radical (unpaired) electrons. The quantitative estimate of drug-likeness (QED) is 0.775. The van der Waals surface area contributed by atoms with Gasteiger partial charge in [0.05, 0.1) is 17.1 Å². The molecule has 3 rings (SSSR count). The first-order valence-electron chi connectivity index (χ1n) is 8.05. The highest BCUT2D eigenvalue weighted by Gasteiger charge is 2.25. The maximum Gasteiger partial charge on any atom is 0.346 e. The Morgan fingerprint density at radius 2 is 2.15 bits per heavy atom. The van der Waals surface area contributed by atoms with Gasteiger partial charge in [-0.15, -0.1) is 0 Å². The summed E-state index contributed by atoms with van der Waals surface area (Å²) in [6.45, 7) is 1.64. The maximum atomic E-state index is 12.1. The normalized spacial score (nSPS) is 13.7.